The summed E-state index contributed by atoms with van der Waals surface area (Å²) in [5, 5.41) is 0. The summed E-state index contributed by atoms with van der Waals surface area (Å²) in [5.74, 6) is -0.873. The number of hydrogen-bond donors (Lipinski definition) is 0. The monoisotopic (exact) mass is 325 g/mol. The minimum absolute atomic E-state index is 0.0489. The molecule has 3 aliphatic rings. The highest BCUT2D eigenvalue weighted by molar-refractivity contribution is 6.34. The molecule has 0 aromatic heterocycles. The van der Waals surface area contributed by atoms with E-state index in [9.17, 15) is 14.4 Å². The van der Waals surface area contributed by atoms with Crippen molar-refractivity contribution in [3.8, 4) is 0 Å². The summed E-state index contributed by atoms with van der Waals surface area (Å²) >= 11 is 0. The van der Waals surface area contributed by atoms with Crippen LogP contribution in [0, 0.1) is 5.92 Å². The van der Waals surface area contributed by atoms with Gasteiger partial charge in [-0.2, -0.15) is 0 Å². The van der Waals surface area contributed by atoms with E-state index in [1.165, 1.54) is 0 Å². The normalized spacial score (nSPS) is 25.6. The Morgan fingerprint density at radius 2 is 1.26 bits per heavy atom. The van der Waals surface area contributed by atoms with Gasteiger partial charge < -0.3 is 24.2 Å². The van der Waals surface area contributed by atoms with Gasteiger partial charge in [-0.3, -0.25) is 14.4 Å². The van der Waals surface area contributed by atoms with Gasteiger partial charge in [-0.1, -0.05) is 0 Å². The Labute approximate surface area is 135 Å². The maximum absolute atomic E-state index is 12.3. The van der Waals surface area contributed by atoms with Crippen LogP contribution in [0.2, 0.25) is 0 Å². The van der Waals surface area contributed by atoms with Crippen LogP contribution in [0.3, 0.4) is 0 Å². The number of hydrogen-bond acceptors (Lipinski definition) is 5. The van der Waals surface area contributed by atoms with Crippen molar-refractivity contribution in [3.05, 3.63) is 0 Å². The van der Waals surface area contributed by atoms with E-state index in [4.69, 9.17) is 9.47 Å². The molecule has 3 saturated heterocycles. The van der Waals surface area contributed by atoms with Gasteiger partial charge in [0.25, 0.3) is 0 Å². The van der Waals surface area contributed by atoms with Crippen LogP contribution in [0.5, 0.6) is 0 Å². The van der Waals surface area contributed by atoms with Crippen molar-refractivity contribution in [1.82, 2.24) is 14.7 Å². The smallest absolute Gasteiger partial charge is 0.312 e. The van der Waals surface area contributed by atoms with Crippen LogP contribution < -0.4 is 0 Å². The summed E-state index contributed by atoms with van der Waals surface area (Å²) in [5.41, 5.74) is 0. The lowest BCUT2D eigenvalue weighted by molar-refractivity contribution is -0.156. The van der Waals surface area contributed by atoms with Gasteiger partial charge in [0.1, 0.15) is 0 Å². The van der Waals surface area contributed by atoms with Crippen LogP contribution in [0.1, 0.15) is 6.42 Å². The van der Waals surface area contributed by atoms with Crippen LogP contribution in [0.25, 0.3) is 0 Å². The van der Waals surface area contributed by atoms with Gasteiger partial charge in [-0.25, -0.2) is 0 Å². The molecular weight excluding hydrogens is 302 g/mol. The Bertz CT molecular complexity index is 464. The Morgan fingerprint density at radius 3 is 1.83 bits per heavy atom. The fourth-order valence-corrected chi connectivity index (χ4v) is 3.15. The van der Waals surface area contributed by atoms with Crippen LogP contribution >= 0.6 is 0 Å². The average molecular weight is 325 g/mol. The number of morpholine rings is 1. The molecule has 3 aliphatic heterocycles. The van der Waals surface area contributed by atoms with Gasteiger partial charge in [0, 0.05) is 45.9 Å². The fourth-order valence-electron chi connectivity index (χ4n) is 3.15. The predicted octanol–water partition coefficient (Wildman–Crippen LogP) is -1.45. The molecule has 128 valence electrons. The molecule has 23 heavy (non-hydrogen) atoms. The lowest BCUT2D eigenvalue weighted by Crippen LogP contribution is -2.56. The molecule has 8 nitrogen and oxygen atoms in total. The van der Waals surface area contributed by atoms with Crippen LogP contribution in [-0.2, 0) is 23.9 Å². The standard InChI is InChI=1S/C15H23N3O5/c19-13(12-1-8-23-11-12)16-2-4-17(5-3-16)14(20)15(21)18-6-9-22-10-7-18/h12H,1-11H2. The molecule has 0 aromatic carbocycles. The molecule has 0 spiro atoms. The van der Waals surface area contributed by atoms with E-state index >= 15 is 0 Å². The molecule has 3 heterocycles. The third-order valence-corrected chi connectivity index (χ3v) is 4.64. The van der Waals surface area contributed by atoms with Crippen molar-refractivity contribution >= 4 is 17.7 Å². The zero-order chi connectivity index (χ0) is 16.2. The van der Waals surface area contributed by atoms with Crippen molar-refractivity contribution in [2.24, 2.45) is 5.92 Å². The van der Waals surface area contributed by atoms with Crippen LogP contribution in [0.4, 0.5) is 0 Å². The van der Waals surface area contributed by atoms with Crippen LogP contribution in [-0.4, -0.2) is 98.1 Å². The second kappa shape index (κ2) is 7.27. The predicted molar refractivity (Wildman–Crippen MR) is 79.5 cm³/mol. The molecular formula is C15H23N3O5. The number of carbonyl (C=O) groups excluding carboxylic acids is 3. The highest BCUT2D eigenvalue weighted by atomic mass is 16.5. The van der Waals surface area contributed by atoms with E-state index in [1.807, 2.05) is 0 Å². The topological polar surface area (TPSA) is 79.4 Å². The first-order valence-electron chi connectivity index (χ1n) is 8.19. The summed E-state index contributed by atoms with van der Waals surface area (Å²) in [6, 6.07) is 0. The Balaban J connectivity index is 1.48. The molecule has 0 N–H and O–H groups in total. The molecule has 1 unspecified atom stereocenters. The Morgan fingerprint density at radius 1 is 0.696 bits per heavy atom. The fraction of sp³-hybridized carbons (Fsp3) is 0.800. The minimum atomic E-state index is -0.469. The number of nitrogens with zero attached hydrogens (tertiary/aromatic N) is 3. The van der Waals surface area contributed by atoms with Gasteiger partial charge in [-0.15, -0.1) is 0 Å². The van der Waals surface area contributed by atoms with Crippen molar-refractivity contribution in [1.29, 1.82) is 0 Å². The molecule has 0 aliphatic carbocycles. The van der Waals surface area contributed by atoms with Gasteiger partial charge in [0.15, 0.2) is 0 Å². The molecule has 3 fully saturated rings. The molecule has 0 radical (unpaired) electrons. The first kappa shape index (κ1) is 16.2. The zero-order valence-electron chi connectivity index (χ0n) is 13.2. The van der Waals surface area contributed by atoms with E-state index in [-0.39, 0.29) is 11.8 Å². The SMILES string of the molecule is O=C(C(=O)N1CCN(C(=O)C2CCOC2)CC1)N1CCOCC1. The second-order valence-electron chi connectivity index (χ2n) is 6.08. The lowest BCUT2D eigenvalue weighted by atomic mass is 10.1. The number of rotatable bonds is 1. The van der Waals surface area contributed by atoms with Gasteiger partial charge in [0.05, 0.1) is 25.7 Å². The summed E-state index contributed by atoms with van der Waals surface area (Å²) in [6.45, 7) is 4.80. The average Bonchev–Trinajstić information content (AvgIpc) is 3.15. The Hall–Kier alpha value is -1.67. The number of ether oxygens (including phenoxy) is 2. The van der Waals surface area contributed by atoms with E-state index in [2.05, 4.69) is 0 Å². The molecule has 1 atom stereocenters. The van der Waals surface area contributed by atoms with Gasteiger partial charge >= 0.3 is 11.8 Å². The third-order valence-electron chi connectivity index (χ3n) is 4.64. The number of piperazine rings is 1. The molecule has 3 amide bonds. The molecule has 0 saturated carbocycles. The lowest BCUT2D eigenvalue weighted by Gasteiger charge is -2.36. The molecule has 0 bridgehead atoms. The highest BCUT2D eigenvalue weighted by Crippen LogP contribution is 2.17. The van der Waals surface area contributed by atoms with Gasteiger partial charge in [0.2, 0.25) is 5.91 Å². The first-order valence-corrected chi connectivity index (χ1v) is 8.19. The van der Waals surface area contributed by atoms with E-state index < -0.39 is 11.8 Å². The first-order chi connectivity index (χ1) is 11.2. The van der Waals surface area contributed by atoms with Crippen LogP contribution in [0.15, 0.2) is 0 Å². The van der Waals surface area contributed by atoms with E-state index in [0.29, 0.717) is 65.7 Å². The maximum Gasteiger partial charge on any atom is 0.312 e. The summed E-state index contributed by atoms with van der Waals surface area (Å²) in [4.78, 5) is 41.7. The van der Waals surface area contributed by atoms with Crippen molar-refractivity contribution in [3.63, 3.8) is 0 Å². The van der Waals surface area contributed by atoms with Gasteiger partial charge in [-0.05, 0) is 6.42 Å². The summed E-state index contributed by atoms with van der Waals surface area (Å²) in [6.07, 6.45) is 0.771. The van der Waals surface area contributed by atoms with E-state index in [1.54, 1.807) is 14.7 Å². The largest absolute Gasteiger partial charge is 0.381 e. The molecule has 3 rings (SSSR count). The minimum Gasteiger partial charge on any atom is -0.381 e. The van der Waals surface area contributed by atoms with E-state index in [0.717, 1.165) is 6.42 Å². The summed E-state index contributed by atoms with van der Waals surface area (Å²) < 4.78 is 10.4. The van der Waals surface area contributed by atoms with Crippen molar-refractivity contribution < 1.29 is 23.9 Å². The second-order valence-corrected chi connectivity index (χ2v) is 6.08. The van der Waals surface area contributed by atoms with Crippen molar-refractivity contribution in [2.75, 3.05) is 65.7 Å². The number of amides is 3. The molecule has 0 aromatic rings. The molecule has 8 heteroatoms. The summed E-state index contributed by atoms with van der Waals surface area (Å²) in [7, 11) is 0. The third kappa shape index (κ3) is 3.64. The maximum atomic E-state index is 12.3. The quantitative estimate of drug-likeness (QED) is 0.551. The van der Waals surface area contributed by atoms with Crippen molar-refractivity contribution in [2.45, 2.75) is 6.42 Å². The highest BCUT2D eigenvalue weighted by Gasteiger charge is 2.34. The Kier molecular flexibility index (Phi) is 5.12. The number of carbonyl (C=O) groups is 3. The zero-order valence-corrected chi connectivity index (χ0v) is 13.2.